The van der Waals surface area contributed by atoms with Gasteiger partial charge in [-0.15, -0.1) is 0 Å². The lowest BCUT2D eigenvalue weighted by Gasteiger charge is -2.35. The molecule has 110 valence electrons. The molecule has 0 amide bonds. The van der Waals surface area contributed by atoms with Gasteiger partial charge in [0, 0.05) is 25.7 Å². The average molecular weight is 276 g/mol. The van der Waals surface area contributed by atoms with E-state index in [1.807, 2.05) is 0 Å². The maximum atomic E-state index is 5.98. The third-order valence-corrected chi connectivity index (χ3v) is 4.62. The second-order valence-corrected chi connectivity index (χ2v) is 5.84. The molecule has 1 unspecified atom stereocenters. The topological polar surface area (TPSA) is 47.7 Å². The summed E-state index contributed by atoms with van der Waals surface area (Å²) in [7, 11) is 3.38. The summed E-state index contributed by atoms with van der Waals surface area (Å²) in [5.41, 5.74) is 8.71. The highest BCUT2D eigenvalue weighted by molar-refractivity contribution is 5.48. The number of hydrogen-bond donors (Lipinski definition) is 1. The fraction of sp³-hybridized carbons (Fsp3) is 0.625. The van der Waals surface area contributed by atoms with E-state index in [2.05, 4.69) is 17.0 Å². The molecule has 4 nitrogen and oxygen atoms in total. The molecular formula is C16H24N2O2. The fourth-order valence-electron chi connectivity index (χ4n) is 3.31. The van der Waals surface area contributed by atoms with Gasteiger partial charge < -0.3 is 15.2 Å². The summed E-state index contributed by atoms with van der Waals surface area (Å²) in [5, 5.41) is 0. The molecule has 0 bridgehead atoms. The Bertz CT molecular complexity index is 486. The normalized spacial score (nSPS) is 20.4. The number of nitrogens with two attached hydrogens (primary N) is 1. The number of hydrogen-bond acceptors (Lipinski definition) is 4. The zero-order chi connectivity index (χ0) is 14.1. The van der Waals surface area contributed by atoms with Crippen molar-refractivity contribution in [2.75, 3.05) is 27.3 Å². The molecule has 0 spiro atoms. The molecule has 0 aromatic heterocycles. The van der Waals surface area contributed by atoms with E-state index in [0.29, 0.717) is 6.04 Å². The summed E-state index contributed by atoms with van der Waals surface area (Å²) in [6, 6.07) is 4.80. The predicted molar refractivity (Wildman–Crippen MR) is 79.2 cm³/mol. The van der Waals surface area contributed by atoms with Gasteiger partial charge in [0.1, 0.15) is 0 Å². The van der Waals surface area contributed by atoms with E-state index >= 15 is 0 Å². The molecule has 0 saturated heterocycles. The van der Waals surface area contributed by atoms with Crippen LogP contribution < -0.4 is 15.2 Å². The van der Waals surface area contributed by atoms with E-state index < -0.39 is 0 Å². The Morgan fingerprint density at radius 1 is 1.20 bits per heavy atom. The maximum Gasteiger partial charge on any atom is 0.161 e. The Kier molecular flexibility index (Phi) is 3.85. The van der Waals surface area contributed by atoms with E-state index in [9.17, 15) is 0 Å². The van der Waals surface area contributed by atoms with Crippen molar-refractivity contribution in [1.82, 2.24) is 4.90 Å². The van der Waals surface area contributed by atoms with Gasteiger partial charge in [-0.05, 0) is 48.4 Å². The number of nitrogens with zero attached hydrogens (tertiary/aromatic N) is 1. The van der Waals surface area contributed by atoms with Crippen molar-refractivity contribution in [2.45, 2.75) is 31.8 Å². The van der Waals surface area contributed by atoms with Gasteiger partial charge in [0.05, 0.1) is 14.2 Å². The van der Waals surface area contributed by atoms with E-state index in [1.165, 1.54) is 24.0 Å². The van der Waals surface area contributed by atoms with Crippen LogP contribution in [0, 0.1) is 5.92 Å². The maximum absolute atomic E-state index is 5.98. The Balaban J connectivity index is 1.83. The Morgan fingerprint density at radius 3 is 2.40 bits per heavy atom. The van der Waals surface area contributed by atoms with Gasteiger partial charge in [0.25, 0.3) is 0 Å². The second kappa shape index (κ2) is 5.62. The van der Waals surface area contributed by atoms with Crippen LogP contribution in [-0.4, -0.2) is 38.3 Å². The molecule has 1 aromatic rings. The highest BCUT2D eigenvalue weighted by Crippen LogP contribution is 2.38. The first-order chi connectivity index (χ1) is 9.76. The van der Waals surface area contributed by atoms with Crippen LogP contribution in [0.25, 0.3) is 0 Å². The van der Waals surface area contributed by atoms with Crippen LogP contribution >= 0.6 is 0 Å². The molecule has 1 aromatic carbocycles. The number of rotatable bonds is 5. The van der Waals surface area contributed by atoms with Crippen LogP contribution in [0.4, 0.5) is 0 Å². The van der Waals surface area contributed by atoms with E-state index in [1.54, 1.807) is 14.2 Å². The van der Waals surface area contributed by atoms with Crippen LogP contribution in [0.3, 0.4) is 0 Å². The Labute approximate surface area is 120 Å². The first-order valence-electron chi connectivity index (χ1n) is 7.44. The number of methoxy groups -OCH3 is 2. The lowest BCUT2D eigenvalue weighted by Crippen LogP contribution is -2.44. The van der Waals surface area contributed by atoms with Crippen LogP contribution in [-0.2, 0) is 13.0 Å². The molecule has 1 aliphatic carbocycles. The van der Waals surface area contributed by atoms with Crippen LogP contribution in [0.5, 0.6) is 11.5 Å². The van der Waals surface area contributed by atoms with Crippen LogP contribution in [0.15, 0.2) is 12.1 Å². The fourth-order valence-corrected chi connectivity index (χ4v) is 3.31. The first-order valence-corrected chi connectivity index (χ1v) is 7.44. The molecule has 1 atom stereocenters. The minimum atomic E-state index is 0.552. The van der Waals surface area contributed by atoms with Gasteiger partial charge in [0.2, 0.25) is 0 Å². The Morgan fingerprint density at radius 2 is 1.85 bits per heavy atom. The third-order valence-electron chi connectivity index (χ3n) is 4.62. The van der Waals surface area contributed by atoms with Gasteiger partial charge in [-0.2, -0.15) is 0 Å². The number of ether oxygens (including phenoxy) is 2. The molecule has 1 fully saturated rings. The molecule has 20 heavy (non-hydrogen) atoms. The molecule has 2 aliphatic rings. The number of benzene rings is 1. The molecule has 1 saturated carbocycles. The molecule has 3 rings (SSSR count). The van der Waals surface area contributed by atoms with Gasteiger partial charge in [0.15, 0.2) is 11.5 Å². The standard InChI is InChI=1S/C16H24N2O2/c1-19-15-7-12-5-6-18(14(9-17)11-3-4-11)10-13(12)8-16(15)20-2/h7-8,11,14H,3-6,9-10,17H2,1-2H3. The van der Waals surface area contributed by atoms with Crippen LogP contribution in [0.1, 0.15) is 24.0 Å². The molecular weight excluding hydrogens is 252 g/mol. The van der Waals surface area contributed by atoms with E-state index in [0.717, 1.165) is 43.5 Å². The van der Waals surface area contributed by atoms with Crippen molar-refractivity contribution < 1.29 is 9.47 Å². The minimum Gasteiger partial charge on any atom is -0.493 e. The number of fused-ring (bicyclic) bond motifs is 1. The quantitative estimate of drug-likeness (QED) is 0.891. The lowest BCUT2D eigenvalue weighted by molar-refractivity contribution is 0.163. The van der Waals surface area contributed by atoms with Gasteiger partial charge in [-0.1, -0.05) is 0 Å². The third kappa shape index (κ3) is 2.50. The lowest BCUT2D eigenvalue weighted by atomic mass is 9.96. The molecule has 2 N–H and O–H groups in total. The van der Waals surface area contributed by atoms with Crippen molar-refractivity contribution in [3.63, 3.8) is 0 Å². The Hall–Kier alpha value is -1.26. The molecule has 0 radical (unpaired) electrons. The summed E-state index contributed by atoms with van der Waals surface area (Å²) < 4.78 is 10.8. The molecule has 1 heterocycles. The average Bonchev–Trinajstić information content (AvgIpc) is 3.31. The SMILES string of the molecule is COc1cc2c(cc1OC)CN(C(CN)C1CC1)CC2. The largest absolute Gasteiger partial charge is 0.493 e. The zero-order valence-electron chi connectivity index (χ0n) is 12.4. The predicted octanol–water partition coefficient (Wildman–Crippen LogP) is 1.80. The summed E-state index contributed by atoms with van der Waals surface area (Å²) in [6.45, 7) is 2.85. The summed E-state index contributed by atoms with van der Waals surface area (Å²) >= 11 is 0. The van der Waals surface area contributed by atoms with Crippen molar-refractivity contribution >= 4 is 0 Å². The minimum absolute atomic E-state index is 0.552. The summed E-state index contributed by atoms with van der Waals surface area (Å²) in [5.74, 6) is 2.47. The monoisotopic (exact) mass is 276 g/mol. The van der Waals surface area contributed by atoms with E-state index in [-0.39, 0.29) is 0 Å². The van der Waals surface area contributed by atoms with Crippen molar-refractivity contribution in [3.8, 4) is 11.5 Å². The van der Waals surface area contributed by atoms with Crippen LogP contribution in [0.2, 0.25) is 0 Å². The van der Waals surface area contributed by atoms with E-state index in [4.69, 9.17) is 15.2 Å². The van der Waals surface area contributed by atoms with Gasteiger partial charge in [-0.25, -0.2) is 0 Å². The smallest absolute Gasteiger partial charge is 0.161 e. The summed E-state index contributed by atoms with van der Waals surface area (Å²) in [6.07, 6.45) is 3.76. The molecule has 4 heteroatoms. The zero-order valence-corrected chi connectivity index (χ0v) is 12.4. The summed E-state index contributed by atoms with van der Waals surface area (Å²) in [4.78, 5) is 2.55. The van der Waals surface area contributed by atoms with Crippen molar-refractivity contribution in [2.24, 2.45) is 11.7 Å². The molecule has 1 aliphatic heterocycles. The highest BCUT2D eigenvalue weighted by Gasteiger charge is 2.35. The van der Waals surface area contributed by atoms with Gasteiger partial charge >= 0.3 is 0 Å². The van der Waals surface area contributed by atoms with Crippen molar-refractivity contribution in [3.05, 3.63) is 23.3 Å². The highest BCUT2D eigenvalue weighted by atomic mass is 16.5. The van der Waals surface area contributed by atoms with Gasteiger partial charge in [-0.3, -0.25) is 4.90 Å². The van der Waals surface area contributed by atoms with Crippen molar-refractivity contribution in [1.29, 1.82) is 0 Å². The first kappa shape index (κ1) is 13.7. The second-order valence-electron chi connectivity index (χ2n) is 5.84.